The van der Waals surface area contributed by atoms with E-state index in [2.05, 4.69) is 36.3 Å². The summed E-state index contributed by atoms with van der Waals surface area (Å²) >= 11 is 1.69. The molecule has 0 fully saturated rings. The van der Waals surface area contributed by atoms with E-state index >= 15 is 0 Å². The Morgan fingerprint density at radius 1 is 1.35 bits per heavy atom. The Morgan fingerprint density at radius 2 is 2.20 bits per heavy atom. The van der Waals surface area contributed by atoms with Gasteiger partial charge in [0.2, 0.25) is 0 Å². The average molecular weight is 290 g/mol. The molecule has 1 unspecified atom stereocenters. The number of hydrogen-bond acceptors (Lipinski definition) is 4. The first-order valence-electron chi connectivity index (χ1n) is 7.11. The van der Waals surface area contributed by atoms with Gasteiger partial charge in [-0.15, -0.1) is 11.3 Å². The van der Waals surface area contributed by atoms with Crippen molar-refractivity contribution in [2.45, 2.75) is 45.8 Å². The van der Waals surface area contributed by atoms with Crippen LogP contribution in [0.3, 0.4) is 0 Å². The molecule has 1 aromatic heterocycles. The highest BCUT2D eigenvalue weighted by Gasteiger charge is 2.04. The van der Waals surface area contributed by atoms with Crippen LogP contribution in [0.1, 0.15) is 36.5 Å². The van der Waals surface area contributed by atoms with Gasteiger partial charge in [-0.05, 0) is 37.0 Å². The minimum absolute atomic E-state index is 0.218. The van der Waals surface area contributed by atoms with Gasteiger partial charge in [-0.2, -0.15) is 0 Å². The minimum atomic E-state index is 0.218. The van der Waals surface area contributed by atoms with Gasteiger partial charge in [0, 0.05) is 11.4 Å². The van der Waals surface area contributed by atoms with Crippen LogP contribution < -0.4 is 10.5 Å². The summed E-state index contributed by atoms with van der Waals surface area (Å²) in [5.41, 5.74) is 8.22. The molecule has 2 aromatic rings. The van der Waals surface area contributed by atoms with Crippen LogP contribution in [-0.4, -0.2) is 11.0 Å². The van der Waals surface area contributed by atoms with Crippen LogP contribution in [0, 0.1) is 0 Å². The maximum absolute atomic E-state index is 5.99. The lowest BCUT2D eigenvalue weighted by Gasteiger charge is -2.10. The molecule has 1 aromatic carbocycles. The van der Waals surface area contributed by atoms with E-state index in [0.29, 0.717) is 6.61 Å². The van der Waals surface area contributed by atoms with Gasteiger partial charge in [-0.3, -0.25) is 0 Å². The van der Waals surface area contributed by atoms with Crippen molar-refractivity contribution in [1.29, 1.82) is 0 Å². The second kappa shape index (κ2) is 7.41. The molecule has 2 N–H and O–H groups in total. The monoisotopic (exact) mass is 290 g/mol. The average Bonchev–Trinajstić information content (AvgIpc) is 2.93. The summed E-state index contributed by atoms with van der Waals surface area (Å²) in [5.74, 6) is 0.886. The maximum Gasteiger partial charge on any atom is 0.131 e. The van der Waals surface area contributed by atoms with Crippen molar-refractivity contribution in [2.75, 3.05) is 0 Å². The molecule has 0 aliphatic heterocycles. The molecule has 0 spiro atoms. The van der Waals surface area contributed by atoms with E-state index in [1.165, 1.54) is 5.56 Å². The lowest BCUT2D eigenvalue weighted by Crippen LogP contribution is -2.21. The van der Waals surface area contributed by atoms with Crippen LogP contribution in [0.15, 0.2) is 29.6 Å². The Bertz CT molecular complexity index is 539. The number of nitrogens with zero attached hydrogens (tertiary/aromatic N) is 1. The molecule has 108 valence electrons. The van der Waals surface area contributed by atoms with Gasteiger partial charge in [-0.1, -0.05) is 26.0 Å². The quantitative estimate of drug-likeness (QED) is 0.848. The topological polar surface area (TPSA) is 48.1 Å². The highest BCUT2D eigenvalue weighted by atomic mass is 32.1. The first-order valence-corrected chi connectivity index (χ1v) is 7.99. The molecular formula is C16H22N2OS. The summed E-state index contributed by atoms with van der Waals surface area (Å²) in [6.07, 6.45) is 2.86. The summed E-state index contributed by atoms with van der Waals surface area (Å²) in [6.45, 7) is 4.75. The molecule has 1 atom stereocenters. The fourth-order valence-corrected chi connectivity index (χ4v) is 2.67. The van der Waals surface area contributed by atoms with E-state index in [0.717, 1.165) is 35.7 Å². The number of aromatic nitrogens is 1. The fourth-order valence-electron chi connectivity index (χ4n) is 1.94. The smallest absolute Gasteiger partial charge is 0.131 e. The van der Waals surface area contributed by atoms with Gasteiger partial charge >= 0.3 is 0 Å². The highest BCUT2D eigenvalue weighted by Crippen LogP contribution is 2.17. The number of nitrogens with two attached hydrogens (primary N) is 1. The molecule has 0 aliphatic carbocycles. The van der Waals surface area contributed by atoms with Crippen LogP contribution in [0.5, 0.6) is 5.75 Å². The van der Waals surface area contributed by atoms with Gasteiger partial charge in [0.05, 0.1) is 10.7 Å². The van der Waals surface area contributed by atoms with Crippen LogP contribution in [-0.2, 0) is 19.4 Å². The zero-order valence-electron chi connectivity index (χ0n) is 12.1. The Labute approximate surface area is 124 Å². The third-order valence-corrected chi connectivity index (χ3v) is 4.25. The number of aryl methyl sites for hydroxylation is 1. The summed E-state index contributed by atoms with van der Waals surface area (Å²) in [7, 11) is 0. The second-order valence-electron chi connectivity index (χ2n) is 4.89. The number of rotatable bonds is 7. The second-order valence-corrected chi connectivity index (χ2v) is 5.84. The lowest BCUT2D eigenvalue weighted by molar-refractivity contribution is 0.301. The molecule has 2 rings (SSSR count). The van der Waals surface area contributed by atoms with Crippen molar-refractivity contribution in [3.63, 3.8) is 0 Å². The van der Waals surface area contributed by atoms with E-state index in [-0.39, 0.29) is 6.04 Å². The van der Waals surface area contributed by atoms with E-state index in [4.69, 9.17) is 10.5 Å². The van der Waals surface area contributed by atoms with Crippen molar-refractivity contribution in [2.24, 2.45) is 5.73 Å². The third kappa shape index (κ3) is 4.32. The van der Waals surface area contributed by atoms with Crippen molar-refractivity contribution in [3.05, 3.63) is 45.9 Å². The number of benzene rings is 1. The van der Waals surface area contributed by atoms with Gasteiger partial charge in [0.1, 0.15) is 12.4 Å². The number of thiazole rings is 1. The summed E-state index contributed by atoms with van der Waals surface area (Å²) < 4.78 is 5.81. The molecule has 0 saturated carbocycles. The molecule has 0 radical (unpaired) electrons. The molecular weight excluding hydrogens is 268 g/mol. The van der Waals surface area contributed by atoms with E-state index in [1.807, 2.05) is 12.1 Å². The van der Waals surface area contributed by atoms with Crippen molar-refractivity contribution in [3.8, 4) is 5.75 Å². The zero-order chi connectivity index (χ0) is 14.4. The van der Waals surface area contributed by atoms with Gasteiger partial charge < -0.3 is 10.5 Å². The summed E-state index contributed by atoms with van der Waals surface area (Å²) in [5, 5.41) is 3.22. The first-order chi connectivity index (χ1) is 9.71. The first kappa shape index (κ1) is 15.0. The lowest BCUT2D eigenvalue weighted by atomic mass is 10.0. The van der Waals surface area contributed by atoms with Crippen LogP contribution in [0.2, 0.25) is 0 Å². The third-order valence-electron chi connectivity index (χ3n) is 3.21. The Hall–Kier alpha value is -1.39. The van der Waals surface area contributed by atoms with E-state index in [9.17, 15) is 0 Å². The molecule has 0 amide bonds. The molecule has 0 aliphatic rings. The molecule has 3 nitrogen and oxygen atoms in total. The van der Waals surface area contributed by atoms with Crippen molar-refractivity contribution >= 4 is 11.3 Å². The van der Waals surface area contributed by atoms with E-state index in [1.54, 1.807) is 11.3 Å². The predicted octanol–water partition coefficient (Wildman–Crippen LogP) is 3.56. The van der Waals surface area contributed by atoms with Gasteiger partial charge in [0.15, 0.2) is 0 Å². The van der Waals surface area contributed by atoms with Crippen LogP contribution in [0.25, 0.3) is 0 Å². The predicted molar refractivity (Wildman–Crippen MR) is 84.2 cm³/mol. The SMILES string of the molecule is CCc1nc(COc2cccc(CC(N)CC)c2)cs1. The molecule has 0 bridgehead atoms. The number of ether oxygens (including phenoxy) is 1. The zero-order valence-corrected chi connectivity index (χ0v) is 13.0. The van der Waals surface area contributed by atoms with Gasteiger partial charge in [-0.25, -0.2) is 4.98 Å². The Balaban J connectivity index is 1.93. The molecule has 0 saturated heterocycles. The number of hydrogen-bond donors (Lipinski definition) is 1. The van der Waals surface area contributed by atoms with E-state index < -0.39 is 0 Å². The summed E-state index contributed by atoms with van der Waals surface area (Å²) in [6, 6.07) is 8.39. The van der Waals surface area contributed by atoms with Crippen LogP contribution >= 0.6 is 11.3 Å². The standard InChI is InChI=1S/C16H22N2OS/c1-3-13(17)8-12-6-5-7-15(9-12)19-10-14-11-20-16(4-2)18-14/h5-7,9,11,13H,3-4,8,10,17H2,1-2H3. The molecule has 20 heavy (non-hydrogen) atoms. The molecule has 1 heterocycles. The Morgan fingerprint density at radius 3 is 2.90 bits per heavy atom. The van der Waals surface area contributed by atoms with Crippen LogP contribution in [0.4, 0.5) is 0 Å². The normalized spacial score (nSPS) is 12.3. The molecule has 4 heteroatoms. The highest BCUT2D eigenvalue weighted by molar-refractivity contribution is 7.09. The van der Waals surface area contributed by atoms with Gasteiger partial charge in [0.25, 0.3) is 0 Å². The fraction of sp³-hybridized carbons (Fsp3) is 0.438. The maximum atomic E-state index is 5.99. The Kier molecular flexibility index (Phi) is 5.56. The summed E-state index contributed by atoms with van der Waals surface area (Å²) in [4.78, 5) is 4.50. The largest absolute Gasteiger partial charge is 0.487 e. The van der Waals surface area contributed by atoms with Crippen molar-refractivity contribution < 1.29 is 4.74 Å². The van der Waals surface area contributed by atoms with Crippen molar-refractivity contribution in [1.82, 2.24) is 4.98 Å². The minimum Gasteiger partial charge on any atom is -0.487 e.